The number of hydrogen-bond acceptors (Lipinski definition) is 6. The van der Waals surface area contributed by atoms with Crippen molar-refractivity contribution in [1.82, 2.24) is 5.01 Å². The molecule has 0 aliphatic carbocycles. The average molecular weight is 377 g/mol. The van der Waals surface area contributed by atoms with Crippen molar-refractivity contribution in [3.05, 3.63) is 59.7 Å². The van der Waals surface area contributed by atoms with Crippen molar-refractivity contribution in [2.24, 2.45) is 10.3 Å². The Labute approximate surface area is 161 Å². The van der Waals surface area contributed by atoms with Crippen LogP contribution in [0.2, 0.25) is 0 Å². The number of aryl methyl sites for hydroxylation is 2. The third-order valence-electron chi connectivity index (χ3n) is 4.76. The molecule has 0 spiro atoms. The summed E-state index contributed by atoms with van der Waals surface area (Å²) >= 11 is 0. The molecule has 1 N–H and O–H groups in total. The monoisotopic (exact) mass is 377 g/mol. The van der Waals surface area contributed by atoms with Crippen LogP contribution >= 0.6 is 0 Å². The lowest BCUT2D eigenvalue weighted by atomic mass is 10.1. The van der Waals surface area contributed by atoms with E-state index in [1.165, 1.54) is 5.01 Å². The summed E-state index contributed by atoms with van der Waals surface area (Å²) in [5.41, 5.74) is 3.20. The lowest BCUT2D eigenvalue weighted by molar-refractivity contribution is -0.123. The third kappa shape index (κ3) is 3.13. The van der Waals surface area contributed by atoms with Crippen LogP contribution in [0.4, 0.5) is 11.4 Å². The first-order valence-electron chi connectivity index (χ1n) is 8.92. The van der Waals surface area contributed by atoms with Gasteiger partial charge in [-0.25, -0.2) is 4.90 Å². The van der Waals surface area contributed by atoms with Crippen molar-refractivity contribution in [2.75, 3.05) is 16.8 Å². The van der Waals surface area contributed by atoms with Crippen LogP contribution in [0.15, 0.2) is 58.9 Å². The zero-order valence-electron chi connectivity index (χ0n) is 15.5. The predicted molar refractivity (Wildman–Crippen MR) is 103 cm³/mol. The Morgan fingerprint density at radius 2 is 1.79 bits per heavy atom. The number of hydrogen-bond donors (Lipinski definition) is 1. The van der Waals surface area contributed by atoms with Gasteiger partial charge in [-0.2, -0.15) is 5.11 Å². The first-order chi connectivity index (χ1) is 13.4. The first kappa shape index (κ1) is 17.8. The van der Waals surface area contributed by atoms with Gasteiger partial charge in [0.1, 0.15) is 6.54 Å². The van der Waals surface area contributed by atoms with Crippen molar-refractivity contribution < 1.29 is 14.4 Å². The van der Waals surface area contributed by atoms with E-state index in [1.54, 1.807) is 18.2 Å². The molecule has 0 unspecified atom stereocenters. The van der Waals surface area contributed by atoms with E-state index in [-0.39, 0.29) is 12.5 Å². The maximum Gasteiger partial charge on any atom is 0.263 e. The van der Waals surface area contributed by atoms with Gasteiger partial charge in [0.2, 0.25) is 5.91 Å². The van der Waals surface area contributed by atoms with E-state index in [4.69, 9.17) is 0 Å². The minimum absolute atomic E-state index is 0.167. The summed E-state index contributed by atoms with van der Waals surface area (Å²) in [6.45, 7) is 3.69. The van der Waals surface area contributed by atoms with Gasteiger partial charge in [0.15, 0.2) is 12.1 Å². The summed E-state index contributed by atoms with van der Waals surface area (Å²) in [7, 11) is 0. The molecule has 2 aliphatic heterocycles. The maximum absolute atomic E-state index is 12.9. The molecular formula is C20H19N5O3. The van der Waals surface area contributed by atoms with Crippen molar-refractivity contribution in [3.63, 3.8) is 0 Å². The number of amides is 3. The minimum Gasteiger partial charge on any atom is -0.324 e. The summed E-state index contributed by atoms with van der Waals surface area (Å²) in [5, 5.41) is 11.9. The molecule has 0 bridgehead atoms. The summed E-state index contributed by atoms with van der Waals surface area (Å²) in [6.07, 6.45) is 0. The lowest BCUT2D eigenvalue weighted by Gasteiger charge is -2.20. The van der Waals surface area contributed by atoms with E-state index in [9.17, 15) is 14.4 Å². The Hall–Kier alpha value is -3.55. The van der Waals surface area contributed by atoms with Gasteiger partial charge in [-0.3, -0.25) is 19.4 Å². The van der Waals surface area contributed by atoms with E-state index >= 15 is 0 Å². The first-order valence-corrected chi connectivity index (χ1v) is 8.92. The van der Waals surface area contributed by atoms with Crippen LogP contribution in [0.3, 0.4) is 0 Å². The molecule has 1 saturated heterocycles. The van der Waals surface area contributed by atoms with Gasteiger partial charge in [-0.1, -0.05) is 35.1 Å². The van der Waals surface area contributed by atoms with Crippen LogP contribution in [-0.4, -0.2) is 41.4 Å². The van der Waals surface area contributed by atoms with Crippen LogP contribution in [-0.2, 0) is 14.4 Å². The van der Waals surface area contributed by atoms with E-state index < -0.39 is 23.9 Å². The fourth-order valence-electron chi connectivity index (χ4n) is 3.37. The Balaban J connectivity index is 1.48. The Morgan fingerprint density at radius 3 is 2.50 bits per heavy atom. The molecule has 142 valence electrons. The fourth-order valence-corrected chi connectivity index (χ4v) is 3.37. The van der Waals surface area contributed by atoms with Crippen LogP contribution in [0.5, 0.6) is 0 Å². The molecule has 8 nitrogen and oxygen atoms in total. The van der Waals surface area contributed by atoms with Gasteiger partial charge < -0.3 is 5.32 Å². The van der Waals surface area contributed by atoms with Gasteiger partial charge >= 0.3 is 0 Å². The molecule has 1 fully saturated rings. The van der Waals surface area contributed by atoms with Crippen LogP contribution in [0.1, 0.15) is 11.1 Å². The fraction of sp³-hybridized carbons (Fsp3) is 0.250. The van der Waals surface area contributed by atoms with Crippen molar-refractivity contribution >= 4 is 29.1 Å². The Kier molecular flexibility index (Phi) is 4.38. The topological polar surface area (TPSA) is 94.4 Å². The molecule has 2 aromatic rings. The third-order valence-corrected chi connectivity index (χ3v) is 4.76. The highest BCUT2D eigenvalue weighted by molar-refractivity contribution is 6.25. The number of anilines is 2. The zero-order valence-corrected chi connectivity index (χ0v) is 15.5. The molecule has 0 saturated carbocycles. The highest BCUT2D eigenvalue weighted by atomic mass is 16.2. The smallest absolute Gasteiger partial charge is 0.263 e. The number of benzene rings is 2. The SMILES string of the molecule is Cc1ccc(N2C(=O)[C@H]3N=NN(CC(=O)Nc4cccc(C)c4)[C@H]3C2=O)cc1. The molecule has 28 heavy (non-hydrogen) atoms. The largest absolute Gasteiger partial charge is 0.324 e. The Morgan fingerprint density at radius 1 is 1.04 bits per heavy atom. The predicted octanol–water partition coefficient (Wildman–Crippen LogP) is 2.24. The number of fused-ring (bicyclic) bond motifs is 1. The molecule has 8 heteroatoms. The number of nitrogens with one attached hydrogen (secondary N) is 1. The second-order valence-electron chi connectivity index (χ2n) is 6.96. The normalized spacial score (nSPS) is 20.6. The van der Waals surface area contributed by atoms with Gasteiger partial charge in [-0.15, -0.1) is 0 Å². The average Bonchev–Trinajstić information content (AvgIpc) is 3.16. The van der Waals surface area contributed by atoms with E-state index in [1.807, 2.05) is 44.2 Å². The number of rotatable bonds is 4. The molecule has 0 radical (unpaired) electrons. The Bertz CT molecular complexity index is 986. The lowest BCUT2D eigenvalue weighted by Crippen LogP contribution is -2.43. The second kappa shape index (κ2) is 6.88. The van der Waals surface area contributed by atoms with Gasteiger partial charge in [-0.05, 0) is 43.7 Å². The van der Waals surface area contributed by atoms with E-state index in [0.29, 0.717) is 11.4 Å². The van der Waals surface area contributed by atoms with Gasteiger partial charge in [0.25, 0.3) is 11.8 Å². The highest BCUT2D eigenvalue weighted by Gasteiger charge is 2.55. The molecular weight excluding hydrogens is 358 g/mol. The van der Waals surface area contributed by atoms with Crippen molar-refractivity contribution in [3.8, 4) is 0 Å². The molecule has 4 rings (SSSR count). The molecule has 0 aromatic heterocycles. The molecule has 3 amide bonds. The summed E-state index contributed by atoms with van der Waals surface area (Å²) < 4.78 is 0. The maximum atomic E-state index is 12.9. The summed E-state index contributed by atoms with van der Waals surface area (Å²) in [6, 6.07) is 12.7. The quantitative estimate of drug-likeness (QED) is 0.827. The molecule has 2 atom stereocenters. The number of carbonyl (C=O) groups excluding carboxylic acids is 3. The van der Waals surface area contributed by atoms with Crippen molar-refractivity contribution in [2.45, 2.75) is 25.9 Å². The molecule has 2 aliphatic rings. The number of imide groups is 1. The summed E-state index contributed by atoms with van der Waals surface area (Å²) in [4.78, 5) is 39.1. The van der Waals surface area contributed by atoms with Gasteiger partial charge in [0, 0.05) is 5.69 Å². The summed E-state index contributed by atoms with van der Waals surface area (Å²) in [5.74, 6) is -1.18. The van der Waals surface area contributed by atoms with Crippen LogP contribution in [0.25, 0.3) is 0 Å². The van der Waals surface area contributed by atoms with E-state index in [0.717, 1.165) is 16.0 Å². The second-order valence-corrected chi connectivity index (χ2v) is 6.96. The number of carbonyl (C=O) groups is 3. The highest BCUT2D eigenvalue weighted by Crippen LogP contribution is 2.31. The molecule has 2 aromatic carbocycles. The number of nitrogens with zero attached hydrogens (tertiary/aromatic N) is 4. The van der Waals surface area contributed by atoms with E-state index in [2.05, 4.69) is 15.7 Å². The standard InChI is InChI=1S/C20H19N5O3/c1-12-6-8-15(9-7-12)25-19(27)17-18(20(25)28)24(23-22-17)11-16(26)21-14-5-3-4-13(2)10-14/h3-10,17-18H,11H2,1-2H3,(H,21,26)/t17-,18+/m0/s1. The van der Waals surface area contributed by atoms with Crippen LogP contribution in [0, 0.1) is 13.8 Å². The van der Waals surface area contributed by atoms with Crippen molar-refractivity contribution in [1.29, 1.82) is 0 Å². The zero-order chi connectivity index (χ0) is 19.8. The van der Waals surface area contributed by atoms with Gasteiger partial charge in [0.05, 0.1) is 5.69 Å². The molecule has 2 heterocycles. The van der Waals surface area contributed by atoms with Crippen LogP contribution < -0.4 is 10.2 Å². The minimum atomic E-state index is -0.916.